The van der Waals surface area contributed by atoms with E-state index in [9.17, 15) is 18.4 Å². The lowest BCUT2D eigenvalue weighted by Crippen LogP contribution is -3.00. The minimum Gasteiger partial charge on any atom is -1.00 e. The van der Waals surface area contributed by atoms with Crippen LogP contribution in [0.25, 0.3) is 0 Å². The molecule has 3 aliphatic rings. The Balaban J connectivity index is 0.00000336. The number of fused-ring (bicyclic) bond motifs is 3. The zero-order valence-corrected chi connectivity index (χ0v) is 22.9. The molecule has 0 unspecified atom stereocenters. The number of rotatable bonds is 7. The third kappa shape index (κ3) is 6.42. The fourth-order valence-electron chi connectivity index (χ4n) is 5.66. The molecule has 200 valence electrons. The highest BCUT2D eigenvalue weighted by Crippen LogP contribution is 2.35. The van der Waals surface area contributed by atoms with Crippen molar-refractivity contribution in [1.82, 2.24) is 5.32 Å². The summed E-state index contributed by atoms with van der Waals surface area (Å²) < 4.78 is 34.3. The largest absolute Gasteiger partial charge is 1.00 e. The third-order valence-electron chi connectivity index (χ3n) is 7.58. The number of alkyl carbamates (subject to hydrolysis) is 1. The standard InChI is InChI=1S/C29H27ClF2N2O3.BrH/c30-23-9-7-20(8-10-23)27(35)18-34-13-11-19(12-14-34)26(17-34)33-29(36)37-28(21-3-1-5-24(31)15-21)22-4-2-6-25(32)16-22;/h1-10,15-16,19,26,28H,11-14,17-18H2;1H/t19?,26-,34?;/m0./s1. The van der Waals surface area contributed by atoms with Crippen LogP contribution < -0.4 is 22.3 Å². The summed E-state index contributed by atoms with van der Waals surface area (Å²) >= 11 is 5.96. The summed E-state index contributed by atoms with van der Waals surface area (Å²) in [6, 6.07) is 18.2. The van der Waals surface area contributed by atoms with Crippen LogP contribution in [0.4, 0.5) is 13.6 Å². The fraction of sp³-hybridized carbons (Fsp3) is 0.310. The number of quaternary nitrogens is 1. The van der Waals surface area contributed by atoms with Crippen LogP contribution in [0.3, 0.4) is 0 Å². The zero-order chi connectivity index (χ0) is 26.0. The molecule has 3 aliphatic heterocycles. The molecular formula is C29H28BrClF2N2O3. The fourth-order valence-corrected chi connectivity index (χ4v) is 5.79. The summed E-state index contributed by atoms with van der Waals surface area (Å²) in [6.45, 7) is 2.75. The molecule has 3 heterocycles. The third-order valence-corrected chi connectivity index (χ3v) is 7.83. The molecule has 3 aromatic rings. The quantitative estimate of drug-likeness (QED) is 0.333. The van der Waals surface area contributed by atoms with Gasteiger partial charge >= 0.3 is 6.09 Å². The van der Waals surface area contributed by atoms with Gasteiger partial charge in [0.25, 0.3) is 0 Å². The number of nitrogens with zero attached hydrogens (tertiary/aromatic N) is 1. The van der Waals surface area contributed by atoms with E-state index >= 15 is 0 Å². The second kappa shape index (κ2) is 11.9. The molecule has 38 heavy (non-hydrogen) atoms. The minimum absolute atomic E-state index is 0. The maximum atomic E-state index is 14.0. The lowest BCUT2D eigenvalue weighted by atomic mass is 9.81. The van der Waals surface area contributed by atoms with E-state index in [2.05, 4.69) is 5.32 Å². The lowest BCUT2D eigenvalue weighted by molar-refractivity contribution is -0.936. The van der Waals surface area contributed by atoms with Gasteiger partial charge in [0.1, 0.15) is 18.2 Å². The normalized spacial score (nSPS) is 22.0. The van der Waals surface area contributed by atoms with Crippen LogP contribution in [0.2, 0.25) is 5.02 Å². The van der Waals surface area contributed by atoms with Gasteiger partial charge in [-0.15, -0.1) is 0 Å². The average molecular weight is 606 g/mol. The highest BCUT2D eigenvalue weighted by atomic mass is 79.9. The van der Waals surface area contributed by atoms with Crippen LogP contribution in [0, 0.1) is 17.6 Å². The van der Waals surface area contributed by atoms with Gasteiger partial charge in [0.15, 0.2) is 6.10 Å². The van der Waals surface area contributed by atoms with Gasteiger partial charge in [-0.2, -0.15) is 0 Å². The first kappa shape index (κ1) is 28.2. The number of hydrogen-bond acceptors (Lipinski definition) is 3. The minimum atomic E-state index is -0.970. The number of ketones is 1. The van der Waals surface area contributed by atoms with Gasteiger partial charge in [-0.05, 0) is 65.6 Å². The van der Waals surface area contributed by atoms with Crippen molar-refractivity contribution in [2.45, 2.75) is 25.0 Å². The first-order valence-corrected chi connectivity index (χ1v) is 12.8. The Hall–Kier alpha value is -2.81. The van der Waals surface area contributed by atoms with E-state index in [1.165, 1.54) is 36.4 Å². The topological polar surface area (TPSA) is 55.4 Å². The van der Waals surface area contributed by atoms with Crippen LogP contribution in [0.5, 0.6) is 0 Å². The Morgan fingerprint density at radius 2 is 1.53 bits per heavy atom. The predicted octanol–water partition coefficient (Wildman–Crippen LogP) is 2.93. The van der Waals surface area contributed by atoms with Crippen molar-refractivity contribution in [3.63, 3.8) is 0 Å². The first-order chi connectivity index (χ1) is 17.8. The second-order valence-corrected chi connectivity index (χ2v) is 10.5. The van der Waals surface area contributed by atoms with Gasteiger partial charge in [-0.1, -0.05) is 35.9 Å². The molecule has 3 fully saturated rings. The van der Waals surface area contributed by atoms with Gasteiger partial charge in [-0.3, -0.25) is 4.79 Å². The number of amides is 1. The van der Waals surface area contributed by atoms with Crippen molar-refractivity contribution < 1.29 is 44.6 Å². The Morgan fingerprint density at radius 3 is 2.08 bits per heavy atom. The smallest absolute Gasteiger partial charge is 0.408 e. The van der Waals surface area contributed by atoms with E-state index in [-0.39, 0.29) is 28.8 Å². The molecule has 0 radical (unpaired) electrons. The molecule has 0 spiro atoms. The van der Waals surface area contributed by atoms with Crippen LogP contribution in [0.15, 0.2) is 72.8 Å². The molecule has 3 aromatic carbocycles. The molecule has 0 aliphatic carbocycles. The van der Waals surface area contributed by atoms with Crippen molar-refractivity contribution in [1.29, 1.82) is 0 Å². The van der Waals surface area contributed by atoms with Crippen LogP contribution in [0.1, 0.15) is 40.4 Å². The Bertz CT molecular complexity index is 1250. The Labute approximate surface area is 236 Å². The van der Waals surface area contributed by atoms with Gasteiger partial charge in [-0.25, -0.2) is 13.6 Å². The van der Waals surface area contributed by atoms with Crippen LogP contribution in [-0.2, 0) is 4.74 Å². The highest BCUT2D eigenvalue weighted by Gasteiger charge is 2.47. The maximum absolute atomic E-state index is 14.0. The van der Waals surface area contributed by atoms with E-state index in [0.29, 0.717) is 45.2 Å². The predicted molar refractivity (Wildman–Crippen MR) is 136 cm³/mol. The van der Waals surface area contributed by atoms with Crippen molar-refractivity contribution in [3.05, 3.63) is 106 Å². The number of ether oxygens (including phenoxy) is 1. The average Bonchev–Trinajstić information content (AvgIpc) is 2.88. The molecule has 0 saturated carbocycles. The number of benzene rings is 3. The summed E-state index contributed by atoms with van der Waals surface area (Å²) in [4.78, 5) is 26.1. The Morgan fingerprint density at radius 1 is 0.947 bits per heavy atom. The Kier molecular flexibility index (Phi) is 8.85. The number of piperidine rings is 3. The van der Waals surface area contributed by atoms with Crippen molar-refractivity contribution in [2.24, 2.45) is 5.92 Å². The van der Waals surface area contributed by atoms with Crippen LogP contribution >= 0.6 is 11.6 Å². The summed E-state index contributed by atoms with van der Waals surface area (Å²) in [7, 11) is 0. The molecule has 3 saturated heterocycles. The molecule has 6 rings (SSSR count). The van der Waals surface area contributed by atoms with Gasteiger partial charge in [0.2, 0.25) is 5.78 Å². The summed E-state index contributed by atoms with van der Waals surface area (Å²) in [5.74, 6) is -0.607. The molecule has 1 amide bonds. The van der Waals surface area contributed by atoms with E-state index < -0.39 is 23.8 Å². The molecule has 1 atom stereocenters. The number of carbonyl (C=O) groups is 2. The number of nitrogens with one attached hydrogen (secondary N) is 1. The highest BCUT2D eigenvalue weighted by molar-refractivity contribution is 6.30. The molecule has 5 nitrogen and oxygen atoms in total. The molecule has 9 heteroatoms. The molecular weight excluding hydrogens is 578 g/mol. The summed E-state index contributed by atoms with van der Waals surface area (Å²) in [5, 5.41) is 3.59. The van der Waals surface area contributed by atoms with E-state index in [0.717, 1.165) is 25.9 Å². The molecule has 2 bridgehead atoms. The number of carbonyl (C=O) groups excluding carboxylic acids is 2. The zero-order valence-electron chi connectivity index (χ0n) is 20.6. The van der Waals surface area contributed by atoms with Crippen LogP contribution in [-0.4, -0.2) is 48.6 Å². The van der Waals surface area contributed by atoms with Gasteiger partial charge < -0.3 is 31.5 Å². The van der Waals surface area contributed by atoms with Gasteiger partial charge in [0, 0.05) is 23.4 Å². The van der Waals surface area contributed by atoms with E-state index in [1.807, 2.05) is 0 Å². The van der Waals surface area contributed by atoms with E-state index in [1.54, 1.807) is 36.4 Å². The van der Waals surface area contributed by atoms with Crippen molar-refractivity contribution >= 4 is 23.5 Å². The number of halogens is 4. The summed E-state index contributed by atoms with van der Waals surface area (Å²) in [5.41, 5.74) is 1.44. The molecule has 0 aromatic heterocycles. The number of Topliss-reactive ketones (excluding diaryl/α,β-unsaturated/α-hetero) is 1. The first-order valence-electron chi connectivity index (χ1n) is 12.4. The SMILES string of the molecule is O=C(N[C@H]1C[N+]2(CC(=O)c3ccc(Cl)cc3)CCC1CC2)OC(c1cccc(F)c1)c1cccc(F)c1.[Br-]. The monoisotopic (exact) mass is 604 g/mol. The lowest BCUT2D eigenvalue weighted by Gasteiger charge is -2.52. The van der Waals surface area contributed by atoms with E-state index in [4.69, 9.17) is 16.3 Å². The maximum Gasteiger partial charge on any atom is 0.408 e. The van der Waals surface area contributed by atoms with Gasteiger partial charge in [0.05, 0.1) is 25.7 Å². The molecule has 1 N–H and O–H groups in total. The van der Waals surface area contributed by atoms with Crippen molar-refractivity contribution in [3.8, 4) is 0 Å². The van der Waals surface area contributed by atoms with Crippen molar-refractivity contribution in [2.75, 3.05) is 26.2 Å². The summed E-state index contributed by atoms with van der Waals surface area (Å²) in [6.07, 6.45) is 0.174. The number of hydrogen-bond donors (Lipinski definition) is 1. The second-order valence-electron chi connectivity index (χ2n) is 10.0.